The summed E-state index contributed by atoms with van der Waals surface area (Å²) in [7, 11) is -4.09. The SMILES string of the molecule is CO[C@H]1O[C@H](CO[C@@H]2O[C@H](CO)[C@@H](O[C@@H]3O[C@H](CO)[C@H](O)[C@H](O)[C@H]3O)[C@H](O[C@@H]3O[C@@H](C)[C@@H](O)[C@@H](O)[C@@H]3O)[C@H]2NC(C)=O)[C@H](O)[C@H](O[C@@H]2O[C@H](COS(=O)(=O)O)[C@H](O)[C@H](OCC(=O)O)[C@H]2O)[C@H]1N=C(C)[O-].[Na+]. The Morgan fingerprint density at radius 3 is 1.69 bits per heavy atom. The van der Waals surface area contributed by atoms with Gasteiger partial charge >= 0.3 is 45.9 Å². The standard InChI is InChI=1S/C37H62N2O30S.Na/c1-10-20(46)24(50)26(52)35(62-10)69-31-19(39-12(3)43)34(64-14(6-41)29(31)67-36-27(53)25(51)21(47)13(5-40)63-36)60-7-15-22(48)30(18(38-11(2)42)33(58-4)65-15)68-37-28(54)32(59-9-17(44)45)23(49)16(66-37)8-61-70(55,56)57;/h10,13-16,18-37,40-41,46-54H,5-9H2,1-4H3,(H,38,42)(H,39,43)(H,44,45)(H,55,56,57);/q;+1/p-1/t10-,13+,14+,15+,16+,18+,19+,20+,21-,22-,23-,24+,25-,26-,27+,28+,29+,30+,31+,32-,33-,34+,35-,36-,37-;/m0./s1. The normalized spacial score (nSPS) is 44.6. The van der Waals surface area contributed by atoms with E-state index < -0.39 is 215 Å². The van der Waals surface area contributed by atoms with Crippen molar-refractivity contribution in [2.45, 2.75) is 174 Å². The average Bonchev–Trinajstić information content (AvgIpc) is 3.29. The molecule has 0 aliphatic carbocycles. The van der Waals surface area contributed by atoms with Crippen molar-refractivity contribution in [1.29, 1.82) is 0 Å². The zero-order chi connectivity index (χ0) is 52.1. The number of nitrogens with one attached hydrogen (secondary N) is 1. The molecule has 14 N–H and O–H groups in total. The van der Waals surface area contributed by atoms with E-state index in [1.54, 1.807) is 0 Å². The molecule has 5 heterocycles. The second kappa shape index (κ2) is 26.9. The molecule has 5 aliphatic heterocycles. The minimum Gasteiger partial charge on any atom is -0.862 e. The molecule has 71 heavy (non-hydrogen) atoms. The maximum absolute atomic E-state index is 12.9. The minimum atomic E-state index is -5.18. The number of carbonyl (C=O) groups is 2. The Morgan fingerprint density at radius 1 is 0.620 bits per heavy atom. The first-order valence-electron chi connectivity index (χ1n) is 21.5. The third kappa shape index (κ3) is 15.3. The van der Waals surface area contributed by atoms with Crippen LogP contribution in [0.4, 0.5) is 0 Å². The fourth-order valence-corrected chi connectivity index (χ4v) is 8.58. The third-order valence-corrected chi connectivity index (χ3v) is 12.2. The van der Waals surface area contributed by atoms with Gasteiger partial charge in [-0.25, -0.2) is 8.98 Å². The van der Waals surface area contributed by atoms with Crippen LogP contribution in [0.5, 0.6) is 0 Å². The number of hydrogen-bond donors (Lipinski definition) is 14. The van der Waals surface area contributed by atoms with E-state index in [1.807, 2.05) is 0 Å². The minimum absolute atomic E-state index is 0. The van der Waals surface area contributed by atoms with Crippen LogP contribution < -0.4 is 40.0 Å². The van der Waals surface area contributed by atoms with Gasteiger partial charge in [-0.3, -0.25) is 14.3 Å². The molecule has 5 rings (SSSR count). The smallest absolute Gasteiger partial charge is 0.862 e. The predicted octanol–water partition coefficient (Wildman–Crippen LogP) is -13.4. The number of aliphatic carboxylic acids is 1. The number of hydrogen-bond acceptors (Lipinski definition) is 29. The summed E-state index contributed by atoms with van der Waals surface area (Å²) in [6.45, 7) is -1.68. The van der Waals surface area contributed by atoms with Crippen molar-refractivity contribution < 1.29 is 175 Å². The van der Waals surface area contributed by atoms with Crippen molar-refractivity contribution >= 4 is 28.2 Å². The summed E-state index contributed by atoms with van der Waals surface area (Å²) < 4.78 is 99.5. The second-order valence-electron chi connectivity index (χ2n) is 16.8. The summed E-state index contributed by atoms with van der Waals surface area (Å²) in [6, 6.07) is -3.32. The fraction of sp³-hybridized carbons (Fsp3) is 0.919. The molecule has 406 valence electrons. The average molecular weight is 1070 g/mol. The van der Waals surface area contributed by atoms with Crippen molar-refractivity contribution in [3.05, 3.63) is 0 Å². The molecule has 0 saturated carbocycles. The summed E-state index contributed by atoms with van der Waals surface area (Å²) in [5.74, 6) is -3.28. The first-order valence-corrected chi connectivity index (χ1v) is 22.8. The molecule has 0 aromatic heterocycles. The Kier molecular flexibility index (Phi) is 23.5. The molecule has 5 aliphatic rings. The van der Waals surface area contributed by atoms with Gasteiger partial charge in [0.2, 0.25) is 5.91 Å². The summed E-state index contributed by atoms with van der Waals surface area (Å²) in [5, 5.41) is 142. The summed E-state index contributed by atoms with van der Waals surface area (Å²) in [6.07, 6.45) is -42.3. The molecule has 5 saturated heterocycles. The summed E-state index contributed by atoms with van der Waals surface area (Å²) >= 11 is 0. The first-order chi connectivity index (χ1) is 32.8. The van der Waals surface area contributed by atoms with Crippen LogP contribution in [-0.2, 0) is 76.3 Å². The number of aliphatic imine (C=N–C) groups is 1. The zero-order valence-corrected chi connectivity index (χ0v) is 41.4. The number of nitrogens with zero attached hydrogens (tertiary/aromatic N) is 1. The van der Waals surface area contributed by atoms with Gasteiger partial charge in [0.15, 0.2) is 31.5 Å². The van der Waals surface area contributed by atoms with Crippen molar-refractivity contribution in [3.63, 3.8) is 0 Å². The van der Waals surface area contributed by atoms with Crippen molar-refractivity contribution in [1.82, 2.24) is 5.32 Å². The molecule has 0 spiro atoms. The Balaban J connectivity index is 0.0000110. The maximum atomic E-state index is 12.9. The van der Waals surface area contributed by atoms with Gasteiger partial charge in [-0.15, -0.1) is 0 Å². The van der Waals surface area contributed by atoms with E-state index in [1.165, 1.54) is 6.92 Å². The van der Waals surface area contributed by atoms with E-state index >= 15 is 0 Å². The second-order valence-corrected chi connectivity index (χ2v) is 17.9. The monoisotopic (exact) mass is 1070 g/mol. The molecule has 25 atom stereocenters. The molecular formula is C37H61N2NaO30S. The molecule has 0 unspecified atom stereocenters. The van der Waals surface area contributed by atoms with Crippen molar-refractivity contribution in [2.75, 3.05) is 40.1 Å². The van der Waals surface area contributed by atoms with Gasteiger partial charge < -0.3 is 124 Å². The Morgan fingerprint density at radius 2 is 1.13 bits per heavy atom. The molecule has 0 aromatic rings. The molecular weight excluding hydrogens is 1010 g/mol. The number of ether oxygens (including phenoxy) is 11. The van der Waals surface area contributed by atoms with Gasteiger partial charge in [-0.05, 0) is 19.7 Å². The Hall–Kier alpha value is -1.60. The van der Waals surface area contributed by atoms with Crippen LogP contribution in [0.15, 0.2) is 4.99 Å². The van der Waals surface area contributed by atoms with Gasteiger partial charge in [0.25, 0.3) is 0 Å². The van der Waals surface area contributed by atoms with Crippen molar-refractivity contribution in [3.8, 4) is 0 Å². The summed E-state index contributed by atoms with van der Waals surface area (Å²) in [5.41, 5.74) is 0. The number of aliphatic hydroxyl groups excluding tert-OH is 11. The Labute approximate surface area is 426 Å². The zero-order valence-electron chi connectivity index (χ0n) is 38.6. The van der Waals surface area contributed by atoms with E-state index in [0.717, 1.165) is 21.0 Å². The molecule has 5 fully saturated rings. The van der Waals surface area contributed by atoms with E-state index in [-0.39, 0.29) is 29.6 Å². The Bertz CT molecular complexity index is 1840. The van der Waals surface area contributed by atoms with Crippen LogP contribution >= 0.6 is 0 Å². The van der Waals surface area contributed by atoms with Crippen LogP contribution in [0.2, 0.25) is 0 Å². The van der Waals surface area contributed by atoms with Gasteiger partial charge in [-0.2, -0.15) is 8.42 Å². The topological polar surface area (TPSA) is 489 Å². The van der Waals surface area contributed by atoms with Crippen LogP contribution in [0.1, 0.15) is 20.8 Å². The van der Waals surface area contributed by atoms with E-state index in [9.17, 15) is 84.4 Å². The molecule has 0 radical (unpaired) electrons. The van der Waals surface area contributed by atoms with Crippen LogP contribution in [0.25, 0.3) is 0 Å². The molecule has 32 nitrogen and oxygen atoms in total. The molecule has 0 aromatic carbocycles. The van der Waals surface area contributed by atoms with Crippen LogP contribution in [0, 0.1) is 0 Å². The van der Waals surface area contributed by atoms with E-state index in [0.29, 0.717) is 0 Å². The maximum Gasteiger partial charge on any atom is 1.00 e. The van der Waals surface area contributed by atoms with Crippen LogP contribution in [-0.4, -0.2) is 286 Å². The van der Waals surface area contributed by atoms with E-state index in [2.05, 4.69) is 14.5 Å². The number of carbonyl (C=O) groups excluding carboxylic acids is 1. The molecule has 1 amide bonds. The number of rotatable bonds is 20. The molecule has 0 bridgehead atoms. The summed E-state index contributed by atoms with van der Waals surface area (Å²) in [4.78, 5) is 28.1. The number of carboxylic acids is 1. The van der Waals surface area contributed by atoms with Gasteiger partial charge in [-0.1, -0.05) is 0 Å². The van der Waals surface area contributed by atoms with Gasteiger partial charge in [0.05, 0.1) is 32.5 Å². The number of amides is 1. The van der Waals surface area contributed by atoms with Gasteiger partial charge in [0.1, 0.15) is 122 Å². The number of methoxy groups -OCH3 is 1. The number of aliphatic hydroxyl groups is 11. The predicted molar refractivity (Wildman–Crippen MR) is 214 cm³/mol. The third-order valence-electron chi connectivity index (χ3n) is 11.8. The fourth-order valence-electron chi connectivity index (χ4n) is 8.28. The van der Waals surface area contributed by atoms with Gasteiger partial charge in [0, 0.05) is 14.0 Å². The van der Waals surface area contributed by atoms with Crippen LogP contribution in [0.3, 0.4) is 0 Å². The largest absolute Gasteiger partial charge is 1.00 e. The quantitative estimate of drug-likeness (QED) is 0.0233. The van der Waals surface area contributed by atoms with E-state index in [4.69, 9.17) is 56.7 Å². The molecule has 34 heteroatoms. The van der Waals surface area contributed by atoms with Crippen molar-refractivity contribution in [2.24, 2.45) is 4.99 Å². The first kappa shape index (κ1) is 61.9. The number of carboxylic acid groups (broad SMARTS) is 1.